The maximum Gasteiger partial charge on any atom is 0.214 e. The van der Waals surface area contributed by atoms with Gasteiger partial charge >= 0.3 is 0 Å². The van der Waals surface area contributed by atoms with Gasteiger partial charge in [-0.15, -0.1) is 0 Å². The molecule has 0 amide bonds. The number of nitrogens with one attached hydrogen (secondary N) is 1. The highest BCUT2D eigenvalue weighted by Crippen LogP contribution is 2.46. The molecule has 1 aromatic heterocycles. The fourth-order valence-corrected chi connectivity index (χ4v) is 3.49. The van der Waals surface area contributed by atoms with E-state index in [2.05, 4.69) is 16.4 Å². The van der Waals surface area contributed by atoms with Crippen LogP contribution in [0.2, 0.25) is 10.0 Å². The molecule has 1 fully saturated rings. The molecule has 23 heavy (non-hydrogen) atoms. The Morgan fingerprint density at radius 3 is 2.70 bits per heavy atom. The van der Waals surface area contributed by atoms with Gasteiger partial charge in [-0.1, -0.05) is 41.4 Å². The third-order valence-corrected chi connectivity index (χ3v) is 5.01. The summed E-state index contributed by atoms with van der Waals surface area (Å²) in [6, 6.07) is 11.3. The van der Waals surface area contributed by atoms with Crippen molar-refractivity contribution < 1.29 is 4.74 Å². The van der Waals surface area contributed by atoms with Crippen molar-refractivity contribution in [3.8, 4) is 5.88 Å². The second-order valence-corrected chi connectivity index (χ2v) is 7.04. The summed E-state index contributed by atoms with van der Waals surface area (Å²) in [6.07, 6.45) is 3.44. The third-order valence-electron chi connectivity index (χ3n) is 4.42. The van der Waals surface area contributed by atoms with Gasteiger partial charge in [0, 0.05) is 40.2 Å². The van der Waals surface area contributed by atoms with E-state index in [9.17, 15) is 0 Å². The van der Waals surface area contributed by atoms with Crippen molar-refractivity contribution in [2.75, 3.05) is 13.1 Å². The van der Waals surface area contributed by atoms with E-state index in [1.54, 1.807) is 12.1 Å². The van der Waals surface area contributed by atoms with Gasteiger partial charge in [-0.05, 0) is 30.2 Å². The van der Waals surface area contributed by atoms with E-state index in [4.69, 9.17) is 27.9 Å². The summed E-state index contributed by atoms with van der Waals surface area (Å²) in [5, 5.41) is 4.55. The molecular formula is C18H16Cl2N2O. The van der Waals surface area contributed by atoms with Gasteiger partial charge in [0.25, 0.3) is 0 Å². The number of benzene rings is 1. The van der Waals surface area contributed by atoms with Gasteiger partial charge in [0.1, 0.15) is 6.61 Å². The lowest BCUT2D eigenvalue weighted by atomic mass is 9.66. The lowest BCUT2D eigenvalue weighted by molar-refractivity contribution is 0.224. The molecule has 0 saturated carbocycles. The van der Waals surface area contributed by atoms with Crippen molar-refractivity contribution in [1.29, 1.82) is 0 Å². The summed E-state index contributed by atoms with van der Waals surface area (Å²) in [6.45, 7) is 2.54. The zero-order valence-electron chi connectivity index (χ0n) is 12.5. The minimum atomic E-state index is 0.374. The summed E-state index contributed by atoms with van der Waals surface area (Å²) in [5.41, 5.74) is 3.60. The van der Waals surface area contributed by atoms with Crippen LogP contribution >= 0.6 is 23.2 Å². The lowest BCUT2D eigenvalue weighted by Gasteiger charge is -2.47. The van der Waals surface area contributed by atoms with E-state index >= 15 is 0 Å². The number of ether oxygens (including phenoxy) is 1. The second-order valence-electron chi connectivity index (χ2n) is 6.20. The first-order chi connectivity index (χ1) is 11.1. The van der Waals surface area contributed by atoms with E-state index < -0.39 is 0 Å². The molecule has 0 unspecified atom stereocenters. The van der Waals surface area contributed by atoms with Crippen molar-refractivity contribution in [3.63, 3.8) is 0 Å². The van der Waals surface area contributed by atoms with Crippen molar-refractivity contribution in [1.82, 2.24) is 10.3 Å². The lowest BCUT2D eigenvalue weighted by Crippen LogP contribution is -2.55. The minimum Gasteiger partial charge on any atom is -0.473 e. The van der Waals surface area contributed by atoms with Crippen LogP contribution in [0.1, 0.15) is 17.7 Å². The highest BCUT2D eigenvalue weighted by molar-refractivity contribution is 6.35. The zero-order valence-corrected chi connectivity index (χ0v) is 14.0. The zero-order chi connectivity index (χ0) is 15.9. The fourth-order valence-electron chi connectivity index (χ4n) is 3.02. The van der Waals surface area contributed by atoms with Crippen LogP contribution in [-0.4, -0.2) is 18.1 Å². The average Bonchev–Trinajstić information content (AvgIpc) is 2.44. The van der Waals surface area contributed by atoms with Crippen LogP contribution < -0.4 is 10.1 Å². The SMILES string of the molecule is Clc1ccc(COc2cccc(C3=CC4(CNC4)C3)n2)c(Cl)c1. The van der Waals surface area contributed by atoms with Crippen LogP contribution in [0.25, 0.3) is 5.57 Å². The summed E-state index contributed by atoms with van der Waals surface area (Å²) in [5.74, 6) is 0.613. The standard InChI is InChI=1S/C18H16Cl2N2O/c19-14-5-4-12(15(20)6-14)9-23-17-3-1-2-16(22-17)13-7-18(8-13)10-21-11-18/h1-7,21H,8-11H2. The number of hydrogen-bond donors (Lipinski definition) is 1. The van der Waals surface area contributed by atoms with E-state index in [0.717, 1.165) is 30.8 Å². The van der Waals surface area contributed by atoms with Crippen LogP contribution in [0.4, 0.5) is 0 Å². The number of hydrogen-bond acceptors (Lipinski definition) is 3. The van der Waals surface area contributed by atoms with Crippen LogP contribution in [0.3, 0.4) is 0 Å². The smallest absolute Gasteiger partial charge is 0.214 e. The topological polar surface area (TPSA) is 34.1 Å². The van der Waals surface area contributed by atoms with Gasteiger partial charge in [0.05, 0.1) is 5.69 Å². The monoisotopic (exact) mass is 346 g/mol. The van der Waals surface area contributed by atoms with Crippen molar-refractivity contribution in [2.45, 2.75) is 13.0 Å². The first-order valence-corrected chi connectivity index (χ1v) is 8.36. The summed E-state index contributed by atoms with van der Waals surface area (Å²) in [7, 11) is 0. The molecule has 0 atom stereocenters. The number of allylic oxidation sites excluding steroid dienone is 1. The van der Waals surface area contributed by atoms with Gasteiger partial charge < -0.3 is 10.1 Å². The van der Waals surface area contributed by atoms with Crippen LogP contribution in [0, 0.1) is 5.41 Å². The predicted octanol–water partition coefficient (Wildman–Crippen LogP) is 4.34. The largest absolute Gasteiger partial charge is 0.473 e. The molecule has 1 spiro atoms. The molecular weight excluding hydrogens is 331 g/mol. The summed E-state index contributed by atoms with van der Waals surface area (Å²) >= 11 is 12.1. The summed E-state index contributed by atoms with van der Waals surface area (Å²) in [4.78, 5) is 4.60. The highest BCUT2D eigenvalue weighted by Gasteiger charge is 2.42. The highest BCUT2D eigenvalue weighted by atomic mass is 35.5. The van der Waals surface area contributed by atoms with Crippen LogP contribution in [0.5, 0.6) is 5.88 Å². The Labute approximate surface area is 145 Å². The Bertz CT molecular complexity index is 784. The number of halogens is 2. The number of rotatable bonds is 4. The van der Waals surface area contributed by atoms with E-state index in [0.29, 0.717) is 27.9 Å². The molecule has 3 nitrogen and oxygen atoms in total. The molecule has 2 aliphatic rings. The Balaban J connectivity index is 1.46. The molecule has 1 aliphatic heterocycles. The number of pyridine rings is 1. The Morgan fingerprint density at radius 1 is 1.17 bits per heavy atom. The van der Waals surface area contributed by atoms with Gasteiger partial charge in [-0.2, -0.15) is 0 Å². The fraction of sp³-hybridized carbons (Fsp3) is 0.278. The first kappa shape index (κ1) is 15.0. The van der Waals surface area contributed by atoms with Crippen molar-refractivity contribution in [3.05, 3.63) is 63.8 Å². The van der Waals surface area contributed by atoms with E-state index in [-0.39, 0.29) is 0 Å². The van der Waals surface area contributed by atoms with Crippen LogP contribution in [-0.2, 0) is 6.61 Å². The van der Waals surface area contributed by atoms with Gasteiger partial charge in [0.15, 0.2) is 0 Å². The van der Waals surface area contributed by atoms with Gasteiger partial charge in [-0.3, -0.25) is 0 Å². The third kappa shape index (κ3) is 2.97. The normalized spacial score (nSPS) is 18.1. The average molecular weight is 347 g/mol. The van der Waals surface area contributed by atoms with E-state index in [1.807, 2.05) is 24.3 Å². The maximum atomic E-state index is 6.16. The molecule has 4 rings (SSSR count). The Hall–Kier alpha value is -1.55. The number of aromatic nitrogens is 1. The molecule has 1 saturated heterocycles. The van der Waals surface area contributed by atoms with E-state index in [1.165, 1.54) is 5.57 Å². The van der Waals surface area contributed by atoms with Crippen molar-refractivity contribution >= 4 is 28.8 Å². The van der Waals surface area contributed by atoms with Gasteiger partial charge in [-0.25, -0.2) is 4.98 Å². The molecule has 1 aromatic carbocycles. The molecule has 1 N–H and O–H groups in total. The number of nitrogens with zero attached hydrogens (tertiary/aromatic N) is 1. The van der Waals surface area contributed by atoms with Crippen LogP contribution in [0.15, 0.2) is 42.5 Å². The Morgan fingerprint density at radius 2 is 2.00 bits per heavy atom. The minimum absolute atomic E-state index is 0.374. The molecule has 5 heteroatoms. The molecule has 2 aromatic rings. The molecule has 118 valence electrons. The quantitative estimate of drug-likeness (QED) is 0.893. The predicted molar refractivity (Wildman–Crippen MR) is 92.9 cm³/mol. The molecule has 1 aliphatic carbocycles. The molecule has 2 heterocycles. The maximum absolute atomic E-state index is 6.16. The summed E-state index contributed by atoms with van der Waals surface area (Å²) < 4.78 is 5.79. The van der Waals surface area contributed by atoms with Gasteiger partial charge in [0.2, 0.25) is 5.88 Å². The first-order valence-electron chi connectivity index (χ1n) is 7.60. The second kappa shape index (κ2) is 5.82. The molecule has 0 bridgehead atoms. The van der Waals surface area contributed by atoms with Crippen molar-refractivity contribution in [2.24, 2.45) is 5.41 Å². The molecule has 0 radical (unpaired) electrons. The Kier molecular flexibility index (Phi) is 3.80.